The van der Waals surface area contributed by atoms with Crippen molar-refractivity contribution < 1.29 is 55.3 Å². The van der Waals surface area contributed by atoms with E-state index in [1.54, 1.807) is 38.1 Å². The van der Waals surface area contributed by atoms with Crippen LogP contribution < -0.4 is 14.8 Å². The third-order valence-corrected chi connectivity index (χ3v) is 7.92. The van der Waals surface area contributed by atoms with Crippen LogP contribution in [0.5, 0.6) is 17.2 Å². The molecule has 4 rings (SSSR count). The first-order chi connectivity index (χ1) is 22.2. The van der Waals surface area contributed by atoms with E-state index in [1.165, 1.54) is 25.1 Å². The molecule has 14 heteroatoms. The molecule has 1 unspecified atom stereocenters. The molecule has 3 amide bonds. The monoisotopic (exact) mass is 680 g/mol. The Morgan fingerprint density at radius 2 is 1.54 bits per heavy atom. The molecule has 2 N–H and O–H groups in total. The minimum absolute atomic E-state index is 0.00910. The molecule has 1 aliphatic heterocycles. The molecule has 48 heavy (non-hydrogen) atoms. The van der Waals surface area contributed by atoms with Crippen LogP contribution in [0.4, 0.5) is 31.1 Å². The third-order valence-electron chi connectivity index (χ3n) is 7.92. The van der Waals surface area contributed by atoms with E-state index >= 15 is 0 Å². The zero-order valence-corrected chi connectivity index (χ0v) is 26.7. The summed E-state index contributed by atoms with van der Waals surface area (Å²) in [6.45, 7) is 7.90. The van der Waals surface area contributed by atoms with Crippen molar-refractivity contribution in [2.45, 2.75) is 77.1 Å². The number of benzene rings is 3. The predicted molar refractivity (Wildman–Crippen MR) is 162 cm³/mol. The second-order valence-electron chi connectivity index (χ2n) is 11.9. The molecule has 0 aliphatic carbocycles. The highest BCUT2D eigenvalue weighted by Crippen LogP contribution is 2.50. The van der Waals surface area contributed by atoms with Crippen LogP contribution in [-0.2, 0) is 22.4 Å². The maximum Gasteiger partial charge on any atom is 0.430 e. The number of aliphatic hydroxyl groups is 1. The van der Waals surface area contributed by atoms with E-state index in [2.05, 4.69) is 5.32 Å². The number of Topliss-reactive ketones (excluding diaryl/α,β-unsaturated/α-hetero) is 1. The lowest BCUT2D eigenvalue weighted by Crippen LogP contribution is -2.53. The Kier molecular flexibility index (Phi) is 9.92. The Hall–Kier alpha value is -4.59. The molecule has 3 aromatic carbocycles. The predicted octanol–water partition coefficient (Wildman–Crippen LogP) is 7.49. The number of nitrogens with one attached hydrogen (secondary N) is 1. The summed E-state index contributed by atoms with van der Waals surface area (Å²) in [6.07, 6.45) is -11.8. The number of ether oxygens (including phenoxy) is 2. The highest BCUT2D eigenvalue weighted by molar-refractivity contribution is 6.11. The summed E-state index contributed by atoms with van der Waals surface area (Å²) in [4.78, 5) is 40.2. The zero-order valence-electron chi connectivity index (χ0n) is 26.7. The maximum atomic E-state index is 13.5. The van der Waals surface area contributed by atoms with Crippen molar-refractivity contribution in [3.63, 3.8) is 0 Å². The summed E-state index contributed by atoms with van der Waals surface area (Å²) in [7, 11) is 0. The van der Waals surface area contributed by atoms with Crippen LogP contribution >= 0.6 is 0 Å². The Labute approximate surface area is 272 Å². The fourth-order valence-corrected chi connectivity index (χ4v) is 5.32. The molecular formula is C34H34F6N2O6. The molecule has 0 saturated carbocycles. The highest BCUT2D eigenvalue weighted by Gasteiger charge is 2.71. The lowest BCUT2D eigenvalue weighted by molar-refractivity contribution is -0.376. The van der Waals surface area contributed by atoms with Crippen LogP contribution in [-0.4, -0.2) is 52.7 Å². The van der Waals surface area contributed by atoms with Gasteiger partial charge in [0.05, 0.1) is 12.6 Å². The van der Waals surface area contributed by atoms with Gasteiger partial charge < -0.3 is 19.9 Å². The maximum absolute atomic E-state index is 13.5. The number of imide groups is 1. The molecule has 1 heterocycles. The number of urea groups is 1. The van der Waals surface area contributed by atoms with Crippen molar-refractivity contribution in [1.82, 2.24) is 10.2 Å². The first kappa shape index (κ1) is 36.2. The van der Waals surface area contributed by atoms with Crippen LogP contribution in [0.2, 0.25) is 0 Å². The van der Waals surface area contributed by atoms with Gasteiger partial charge in [-0.3, -0.25) is 14.5 Å². The molecule has 8 nitrogen and oxygen atoms in total. The molecule has 258 valence electrons. The number of hydrogen-bond acceptors (Lipinski definition) is 6. The lowest BCUT2D eigenvalue weighted by atomic mass is 9.90. The number of ketones is 1. The summed E-state index contributed by atoms with van der Waals surface area (Å²) in [5.74, 6) is -0.529. The molecule has 0 aromatic heterocycles. The summed E-state index contributed by atoms with van der Waals surface area (Å²) in [5, 5.41) is 12.5. The number of alkyl halides is 6. The standard InChI is InChI=1S/C34H34F6N2O6/c1-6-7-22-17-24(32(46,33(35,36)37)34(38,39)40)11-15-28(22)48-27-14-8-21(16-20(27)4)26(43)18-42-29(44)31(5,41-30(42)45)23-9-12-25(13-10-23)47-19(2)3/h8-17,19,46H,6-7,18H2,1-5H3,(H,41,45). The molecule has 0 bridgehead atoms. The van der Waals surface area contributed by atoms with Crippen molar-refractivity contribution in [1.29, 1.82) is 0 Å². The topological polar surface area (TPSA) is 105 Å². The fraction of sp³-hybridized carbons (Fsp3) is 0.382. The van der Waals surface area contributed by atoms with Crippen molar-refractivity contribution in [3.05, 3.63) is 88.5 Å². The second kappa shape index (κ2) is 13.1. The molecular weight excluding hydrogens is 646 g/mol. The number of aryl methyl sites for hydroxylation is 2. The number of rotatable bonds is 11. The van der Waals surface area contributed by atoms with E-state index in [0.29, 0.717) is 35.4 Å². The average Bonchev–Trinajstić information content (AvgIpc) is 3.21. The van der Waals surface area contributed by atoms with Gasteiger partial charge in [-0.15, -0.1) is 0 Å². The van der Waals surface area contributed by atoms with E-state index in [0.717, 1.165) is 11.0 Å². The quantitative estimate of drug-likeness (QED) is 0.124. The van der Waals surface area contributed by atoms with Crippen molar-refractivity contribution in [3.8, 4) is 17.2 Å². The van der Waals surface area contributed by atoms with Gasteiger partial charge in [-0.25, -0.2) is 4.79 Å². The number of carbonyl (C=O) groups is 3. The minimum Gasteiger partial charge on any atom is -0.491 e. The molecule has 3 aromatic rings. The van der Waals surface area contributed by atoms with Gasteiger partial charge in [0.25, 0.3) is 11.5 Å². The summed E-state index contributed by atoms with van der Waals surface area (Å²) in [5.41, 5.74) is -6.94. The second-order valence-corrected chi connectivity index (χ2v) is 11.9. The van der Waals surface area contributed by atoms with Gasteiger partial charge in [0, 0.05) is 11.1 Å². The Morgan fingerprint density at radius 1 is 0.938 bits per heavy atom. The molecule has 0 spiro atoms. The number of halogens is 6. The SMILES string of the molecule is CCCc1cc(C(O)(C(F)(F)F)C(F)(F)F)ccc1Oc1ccc(C(=O)CN2C(=O)NC(C)(c3ccc(OC(C)C)cc3)C2=O)cc1C. The van der Waals surface area contributed by atoms with Gasteiger partial charge in [0.1, 0.15) is 22.8 Å². The summed E-state index contributed by atoms with van der Waals surface area (Å²) < 4.78 is 92.3. The van der Waals surface area contributed by atoms with Gasteiger partial charge >= 0.3 is 18.4 Å². The van der Waals surface area contributed by atoms with Crippen LogP contribution in [0.3, 0.4) is 0 Å². The van der Waals surface area contributed by atoms with Gasteiger partial charge in [-0.2, -0.15) is 26.3 Å². The number of hydrogen-bond donors (Lipinski definition) is 2. The zero-order chi connectivity index (χ0) is 35.8. The van der Waals surface area contributed by atoms with Crippen molar-refractivity contribution >= 4 is 17.7 Å². The van der Waals surface area contributed by atoms with Gasteiger partial charge in [0.2, 0.25) is 0 Å². The van der Waals surface area contributed by atoms with Crippen LogP contribution in [0, 0.1) is 6.92 Å². The third kappa shape index (κ3) is 6.84. The summed E-state index contributed by atoms with van der Waals surface area (Å²) >= 11 is 0. The Bertz CT molecular complexity index is 1690. The number of carbonyl (C=O) groups excluding carboxylic acids is 3. The van der Waals surface area contributed by atoms with E-state index in [1.807, 2.05) is 13.8 Å². The average molecular weight is 681 g/mol. The molecule has 1 fully saturated rings. The van der Waals surface area contributed by atoms with Gasteiger partial charge in [-0.1, -0.05) is 31.5 Å². The molecule has 1 aliphatic rings. The van der Waals surface area contributed by atoms with E-state index in [-0.39, 0.29) is 35.2 Å². The summed E-state index contributed by atoms with van der Waals surface area (Å²) in [6, 6.07) is 12.1. The van der Waals surface area contributed by atoms with Crippen molar-refractivity contribution in [2.24, 2.45) is 0 Å². The highest BCUT2D eigenvalue weighted by atomic mass is 19.4. The van der Waals surface area contributed by atoms with Crippen LogP contribution in [0.25, 0.3) is 0 Å². The van der Waals surface area contributed by atoms with E-state index in [9.17, 15) is 45.8 Å². The largest absolute Gasteiger partial charge is 0.491 e. The Balaban J connectivity index is 1.53. The van der Waals surface area contributed by atoms with E-state index in [4.69, 9.17) is 9.47 Å². The first-order valence-electron chi connectivity index (χ1n) is 14.9. The molecule has 0 radical (unpaired) electrons. The van der Waals surface area contributed by atoms with E-state index < -0.39 is 53.3 Å². The number of nitrogens with zero attached hydrogens (tertiary/aromatic N) is 1. The smallest absolute Gasteiger partial charge is 0.430 e. The van der Waals surface area contributed by atoms with Crippen molar-refractivity contribution in [2.75, 3.05) is 6.54 Å². The van der Waals surface area contributed by atoms with Crippen LogP contribution in [0.1, 0.15) is 66.7 Å². The minimum atomic E-state index is -6.04. The fourth-order valence-electron chi connectivity index (χ4n) is 5.32. The van der Waals surface area contributed by atoms with Gasteiger partial charge in [-0.05, 0) is 93.3 Å². The lowest BCUT2D eigenvalue weighted by Gasteiger charge is -2.33. The molecule has 1 atom stereocenters. The number of amides is 3. The van der Waals surface area contributed by atoms with Gasteiger partial charge in [0.15, 0.2) is 5.78 Å². The normalized spacial score (nSPS) is 17.1. The first-order valence-corrected chi connectivity index (χ1v) is 14.9. The Morgan fingerprint density at radius 3 is 2.08 bits per heavy atom. The van der Waals surface area contributed by atoms with Crippen LogP contribution in [0.15, 0.2) is 60.7 Å². The molecule has 1 saturated heterocycles.